The molecule has 0 aromatic heterocycles. The molecule has 0 aliphatic carbocycles. The molecule has 4 aliphatic heterocycles. The normalized spacial score (nSPS) is 18.8. The Hall–Kier alpha value is -1.92. The summed E-state index contributed by atoms with van der Waals surface area (Å²) >= 11 is 7.62. The van der Waals surface area contributed by atoms with Crippen LogP contribution in [0.15, 0.2) is 0 Å². The molecule has 0 bridgehead atoms. The monoisotopic (exact) mass is 1280 g/mol. The number of carbonyl (C=O) groups excluding carboxylic acids is 4. The number of halogens is 16. The Morgan fingerprint density at radius 1 is 0.494 bits per heavy atom. The van der Waals surface area contributed by atoms with Crippen molar-refractivity contribution in [2.45, 2.75) is 179 Å². The Morgan fingerprint density at radius 2 is 0.889 bits per heavy atom. The van der Waals surface area contributed by atoms with Crippen molar-refractivity contribution in [3.63, 3.8) is 0 Å². The van der Waals surface area contributed by atoms with Crippen LogP contribution in [0.1, 0.15) is 130 Å². The molecule has 0 saturated carbocycles. The summed E-state index contributed by atoms with van der Waals surface area (Å²) < 4.78 is 228. The first-order valence-electron chi connectivity index (χ1n) is 26.8. The largest absolute Gasteiger partial charge is 0.490 e. The van der Waals surface area contributed by atoms with Crippen LogP contribution in [-0.4, -0.2) is 158 Å². The van der Waals surface area contributed by atoms with Gasteiger partial charge in [-0.2, -0.15) is 99.7 Å². The predicted molar refractivity (Wildman–Crippen MR) is 280 cm³/mol. The van der Waals surface area contributed by atoms with Crippen LogP contribution >= 0.6 is 47.0 Å². The molecule has 81 heavy (non-hydrogen) atoms. The molecule has 10 nitrogen and oxygen atoms in total. The summed E-state index contributed by atoms with van der Waals surface area (Å²) in [6.07, 6.45) is -14.6. The maximum Gasteiger partial charge on any atom is 0.490 e. The number of esters is 4. The number of ether oxygens (including phenoxy) is 6. The zero-order valence-corrected chi connectivity index (χ0v) is 49.0. The Labute approximate surface area is 480 Å². The van der Waals surface area contributed by atoms with E-state index < -0.39 is 98.6 Å². The van der Waals surface area contributed by atoms with Gasteiger partial charge in [0.15, 0.2) is 12.2 Å². The summed E-state index contributed by atoms with van der Waals surface area (Å²) in [5.74, 6) is -5.35. The maximum absolute atomic E-state index is 13.8. The minimum Gasteiger partial charge on any atom is -0.466 e. The summed E-state index contributed by atoms with van der Waals surface area (Å²) in [5.41, 5.74) is 0. The molecule has 0 aromatic rings. The molecule has 3 atom stereocenters. The van der Waals surface area contributed by atoms with Crippen molar-refractivity contribution < 1.29 is 118 Å². The van der Waals surface area contributed by atoms with E-state index in [1.165, 1.54) is 44.1 Å². The Balaban J connectivity index is 0.000000557. The molecule has 4 aliphatic rings. The number of carbonyl (C=O) groups is 4. The van der Waals surface area contributed by atoms with Gasteiger partial charge in [0.2, 0.25) is 0 Å². The summed E-state index contributed by atoms with van der Waals surface area (Å²) in [5, 5.41) is 0. The van der Waals surface area contributed by atoms with Crippen molar-refractivity contribution in [3.05, 3.63) is 0 Å². The smallest absolute Gasteiger partial charge is 0.466 e. The molecule has 0 radical (unpaired) electrons. The fourth-order valence-corrected chi connectivity index (χ4v) is 12.9. The van der Waals surface area contributed by atoms with Crippen LogP contribution < -0.4 is 0 Å². The maximum atomic E-state index is 13.8. The fraction of sp³-hybridized carbons (Fsp3) is 0.922. The second-order valence-corrected chi connectivity index (χ2v) is 24.9. The molecule has 0 spiro atoms. The highest BCUT2D eigenvalue weighted by molar-refractivity contribution is 7.99. The summed E-state index contributed by atoms with van der Waals surface area (Å²) in [6.45, 7) is 1.44. The van der Waals surface area contributed by atoms with E-state index >= 15 is 0 Å². The Morgan fingerprint density at radius 3 is 1.26 bits per heavy atom. The Bertz CT molecular complexity index is 1720. The topological polar surface area (TPSA) is 124 Å². The molecule has 30 heteroatoms. The highest BCUT2D eigenvalue weighted by Gasteiger charge is 2.52. The van der Waals surface area contributed by atoms with Crippen LogP contribution in [0.3, 0.4) is 0 Å². The van der Waals surface area contributed by atoms with Crippen LogP contribution in [0.4, 0.5) is 70.2 Å². The van der Waals surface area contributed by atoms with E-state index in [0.29, 0.717) is 51.6 Å². The predicted octanol–water partition coefficient (Wildman–Crippen LogP) is 15.2. The average molecular weight is 1280 g/mol. The number of thioether (sulfide) groups is 4. The zero-order valence-electron chi connectivity index (χ0n) is 45.7. The molecule has 4 fully saturated rings. The van der Waals surface area contributed by atoms with Gasteiger partial charge in [0.25, 0.3) is 11.8 Å². The third-order valence-corrected chi connectivity index (χ3v) is 17.2. The van der Waals surface area contributed by atoms with Gasteiger partial charge < -0.3 is 28.4 Å². The van der Waals surface area contributed by atoms with Gasteiger partial charge >= 0.3 is 48.6 Å². The van der Waals surface area contributed by atoms with Crippen LogP contribution in [0.25, 0.3) is 0 Å². The lowest BCUT2D eigenvalue weighted by Gasteiger charge is -2.28. The van der Waals surface area contributed by atoms with Crippen molar-refractivity contribution in [1.29, 1.82) is 0 Å². The van der Waals surface area contributed by atoms with E-state index in [0.717, 1.165) is 91.8 Å². The second kappa shape index (κ2) is 39.7. The van der Waals surface area contributed by atoms with Gasteiger partial charge in [-0.05, 0) is 167 Å². The van der Waals surface area contributed by atoms with Crippen LogP contribution in [0.2, 0.25) is 0 Å². The summed E-state index contributed by atoms with van der Waals surface area (Å²) in [7, 11) is 0. The molecule has 4 heterocycles. The zero-order chi connectivity index (χ0) is 61.3. The third-order valence-electron chi connectivity index (χ3n) is 13.0. The van der Waals surface area contributed by atoms with Gasteiger partial charge in [0, 0.05) is 27.1 Å². The number of rotatable bonds is 26. The highest BCUT2D eigenvalue weighted by atomic mass is 32.2. The number of alkyl halides is 16. The number of hydrogen-bond acceptors (Lipinski definition) is 14. The molecule has 4 saturated heterocycles. The highest BCUT2D eigenvalue weighted by Crippen LogP contribution is 2.37. The second-order valence-electron chi connectivity index (χ2n) is 20.0. The standard InChI is InChI=1S/C15H20F8O3S.C15H23F5O3S.C11H20O2S.C10H15F3O2S/c16-13(17,9-15(21,22)23)11(26-12(24)7-14(18,19)20)8-25-4-1-10-2-5-27-6-3-10;1-10(15(18,19)20)13(21)23-12(14(2,16)17)9-22-6-3-11-4-7-24-8-5-11;1-10(12)13-7-3-2-4-11-5-8-14-9-6-11;11-10(12,13)9(14)15-5-1-2-8-3-6-16-7-4-8/h10-11H,1-9H2;10-12H,3-9H2,1-2H3;11H,2-9H2,1H3;8H,1-7H2. The van der Waals surface area contributed by atoms with Crippen LogP contribution in [0.5, 0.6) is 0 Å². The van der Waals surface area contributed by atoms with Crippen LogP contribution in [-0.2, 0) is 47.6 Å². The van der Waals surface area contributed by atoms with E-state index in [2.05, 4.69) is 26.0 Å². The minimum atomic E-state index is -5.29. The van der Waals surface area contributed by atoms with Crippen molar-refractivity contribution in [2.24, 2.45) is 29.6 Å². The van der Waals surface area contributed by atoms with Gasteiger partial charge in [-0.25, -0.2) is 22.4 Å². The van der Waals surface area contributed by atoms with Gasteiger partial charge in [0.05, 0.1) is 26.4 Å². The SMILES string of the molecule is CC(=O)OCCCCC1CCSCC1.CC(C(=O)OC(COCCC1CCSCC1)C(C)(F)F)C(F)(F)F.O=C(CC(F)(F)F)OC(COCCC1CCSCC1)C(F)(F)CC(F)(F)F.O=C(OCCCC1CCSCC1)C(F)(F)F. The van der Waals surface area contributed by atoms with E-state index in [-0.39, 0.29) is 31.7 Å². The van der Waals surface area contributed by atoms with Crippen molar-refractivity contribution in [2.75, 3.05) is 85.7 Å². The molecule has 0 amide bonds. The van der Waals surface area contributed by atoms with E-state index in [1.807, 2.05) is 23.5 Å². The number of hydrogen-bond donors (Lipinski definition) is 0. The van der Waals surface area contributed by atoms with Gasteiger partial charge in [0.1, 0.15) is 18.8 Å². The molecule has 0 aromatic carbocycles. The summed E-state index contributed by atoms with van der Waals surface area (Å²) in [4.78, 5) is 43.4. The first-order chi connectivity index (χ1) is 37.6. The van der Waals surface area contributed by atoms with Crippen molar-refractivity contribution >= 4 is 70.9 Å². The average Bonchev–Trinajstić information content (AvgIpc) is 3.37. The molecular weight excluding hydrogens is 1200 g/mol. The van der Waals surface area contributed by atoms with Crippen LogP contribution in [0, 0.1) is 29.6 Å². The van der Waals surface area contributed by atoms with E-state index in [4.69, 9.17) is 14.2 Å². The quantitative estimate of drug-likeness (QED) is 0.0353. The molecule has 478 valence electrons. The van der Waals surface area contributed by atoms with Crippen molar-refractivity contribution in [1.82, 2.24) is 0 Å². The fourth-order valence-electron chi connectivity index (χ4n) is 8.04. The first-order valence-corrected chi connectivity index (χ1v) is 31.4. The molecule has 3 unspecified atom stereocenters. The number of unbranched alkanes of at least 4 members (excludes halogenated alkanes) is 1. The molecular formula is C51H78F16O10S4. The molecule has 4 rings (SSSR count). The minimum absolute atomic E-state index is 0.0647. The summed E-state index contributed by atoms with van der Waals surface area (Å²) in [6, 6.07) is 0. The van der Waals surface area contributed by atoms with Gasteiger partial charge in [-0.15, -0.1) is 0 Å². The van der Waals surface area contributed by atoms with Crippen molar-refractivity contribution in [3.8, 4) is 0 Å². The van der Waals surface area contributed by atoms with E-state index in [1.54, 1.807) is 11.8 Å². The Kier molecular flexibility index (Phi) is 37.8. The van der Waals surface area contributed by atoms with E-state index in [9.17, 15) is 89.4 Å². The van der Waals surface area contributed by atoms with Gasteiger partial charge in [-0.1, -0.05) is 6.42 Å². The third kappa shape index (κ3) is 40.2. The van der Waals surface area contributed by atoms with Gasteiger partial charge in [-0.3, -0.25) is 14.4 Å². The lowest BCUT2D eigenvalue weighted by atomic mass is 9.96. The molecule has 0 N–H and O–H groups in total. The lowest BCUT2D eigenvalue weighted by Crippen LogP contribution is -2.44. The first kappa shape index (κ1) is 77.1. The lowest BCUT2D eigenvalue weighted by molar-refractivity contribution is -0.234.